The maximum Gasteiger partial charge on any atom is 0.253 e. The summed E-state index contributed by atoms with van der Waals surface area (Å²) in [6.07, 6.45) is 1.58. The van der Waals surface area contributed by atoms with E-state index in [-0.39, 0.29) is 11.9 Å². The summed E-state index contributed by atoms with van der Waals surface area (Å²) in [6, 6.07) is 7.55. The highest BCUT2D eigenvalue weighted by Gasteiger charge is 2.08. The third-order valence-electron chi connectivity index (χ3n) is 2.57. The van der Waals surface area contributed by atoms with E-state index in [1.807, 2.05) is 38.1 Å². The third kappa shape index (κ3) is 2.59. The first-order valence-electron chi connectivity index (χ1n) is 5.85. The quantitative estimate of drug-likeness (QED) is 0.901. The predicted octanol–water partition coefficient (Wildman–Crippen LogP) is 2.38. The summed E-state index contributed by atoms with van der Waals surface area (Å²) < 4.78 is 5.13. The van der Waals surface area contributed by atoms with E-state index in [4.69, 9.17) is 4.74 Å². The average Bonchev–Trinajstić information content (AvgIpc) is 2.36. The van der Waals surface area contributed by atoms with Crippen LogP contribution in [0.5, 0.6) is 5.75 Å². The van der Waals surface area contributed by atoms with Gasteiger partial charge in [-0.2, -0.15) is 0 Å². The molecule has 1 heterocycles. The number of hydrogen-bond donors (Lipinski definition) is 1. The third-order valence-corrected chi connectivity index (χ3v) is 2.57. The number of nitrogens with zero attached hydrogens (tertiary/aromatic N) is 1. The lowest BCUT2D eigenvalue weighted by atomic mass is 10.1. The molecule has 0 saturated carbocycles. The molecule has 1 aromatic heterocycles. The van der Waals surface area contributed by atoms with E-state index in [9.17, 15) is 4.79 Å². The number of nitrogens with one attached hydrogen (secondary N) is 1. The van der Waals surface area contributed by atoms with E-state index in [0.29, 0.717) is 5.56 Å². The van der Waals surface area contributed by atoms with E-state index in [1.54, 1.807) is 13.3 Å². The molecule has 0 atom stereocenters. The summed E-state index contributed by atoms with van der Waals surface area (Å²) >= 11 is 0. The standard InChI is InChI=1S/C14H16N2O2/c1-9(2)16-14(17)11-6-10-4-5-12(18-3)7-13(10)15-8-11/h4-9H,1-3H3,(H,16,17). The van der Waals surface area contributed by atoms with E-state index >= 15 is 0 Å². The highest BCUT2D eigenvalue weighted by atomic mass is 16.5. The first-order valence-corrected chi connectivity index (χ1v) is 5.85. The van der Waals surface area contributed by atoms with Gasteiger partial charge in [0.2, 0.25) is 0 Å². The summed E-state index contributed by atoms with van der Waals surface area (Å²) in [5.41, 5.74) is 1.39. The minimum atomic E-state index is -0.102. The van der Waals surface area contributed by atoms with Crippen LogP contribution in [0, 0.1) is 0 Å². The SMILES string of the molecule is COc1ccc2cc(C(=O)NC(C)C)cnc2c1. The fourth-order valence-corrected chi connectivity index (χ4v) is 1.70. The number of pyridine rings is 1. The lowest BCUT2D eigenvalue weighted by Gasteiger charge is -2.08. The van der Waals surface area contributed by atoms with Gasteiger partial charge in [-0.05, 0) is 32.0 Å². The van der Waals surface area contributed by atoms with Crippen LogP contribution in [0.3, 0.4) is 0 Å². The van der Waals surface area contributed by atoms with E-state index in [2.05, 4.69) is 10.3 Å². The van der Waals surface area contributed by atoms with Crippen LogP contribution in [0.15, 0.2) is 30.5 Å². The minimum Gasteiger partial charge on any atom is -0.497 e. The van der Waals surface area contributed by atoms with Crippen LogP contribution in [0.1, 0.15) is 24.2 Å². The number of amides is 1. The van der Waals surface area contributed by atoms with Gasteiger partial charge < -0.3 is 10.1 Å². The molecule has 4 nitrogen and oxygen atoms in total. The van der Waals surface area contributed by atoms with Crippen molar-refractivity contribution in [3.8, 4) is 5.75 Å². The fraction of sp³-hybridized carbons (Fsp3) is 0.286. The summed E-state index contributed by atoms with van der Waals surface area (Å²) in [7, 11) is 1.62. The fourth-order valence-electron chi connectivity index (χ4n) is 1.70. The Morgan fingerprint density at radius 2 is 2.11 bits per heavy atom. The van der Waals surface area contributed by atoms with Crippen molar-refractivity contribution < 1.29 is 9.53 Å². The van der Waals surface area contributed by atoms with Crippen molar-refractivity contribution >= 4 is 16.8 Å². The van der Waals surface area contributed by atoms with Crippen LogP contribution in [0.4, 0.5) is 0 Å². The molecule has 0 aliphatic carbocycles. The first-order chi connectivity index (χ1) is 8.60. The molecule has 1 N–H and O–H groups in total. The Labute approximate surface area is 106 Å². The Morgan fingerprint density at radius 1 is 1.33 bits per heavy atom. The molecule has 0 saturated heterocycles. The van der Waals surface area contributed by atoms with Crippen molar-refractivity contribution in [3.63, 3.8) is 0 Å². The summed E-state index contributed by atoms with van der Waals surface area (Å²) in [4.78, 5) is 16.1. The molecule has 0 spiro atoms. The zero-order chi connectivity index (χ0) is 13.1. The van der Waals surface area contributed by atoms with Gasteiger partial charge in [-0.3, -0.25) is 9.78 Å². The monoisotopic (exact) mass is 244 g/mol. The van der Waals surface area contributed by atoms with Crippen LogP contribution in [-0.4, -0.2) is 24.0 Å². The maximum absolute atomic E-state index is 11.8. The first kappa shape index (κ1) is 12.4. The van der Waals surface area contributed by atoms with Gasteiger partial charge in [0.15, 0.2) is 0 Å². The predicted molar refractivity (Wildman–Crippen MR) is 70.9 cm³/mol. The number of ether oxygens (including phenoxy) is 1. The summed E-state index contributed by atoms with van der Waals surface area (Å²) in [5, 5.41) is 3.77. The second-order valence-electron chi connectivity index (χ2n) is 4.41. The topological polar surface area (TPSA) is 51.2 Å². The highest BCUT2D eigenvalue weighted by molar-refractivity contribution is 5.97. The molecule has 1 amide bonds. The van der Waals surface area contributed by atoms with Crippen LogP contribution in [0.2, 0.25) is 0 Å². The maximum atomic E-state index is 11.8. The van der Waals surface area contributed by atoms with Crippen LogP contribution >= 0.6 is 0 Å². The number of aromatic nitrogens is 1. The number of hydrogen-bond acceptors (Lipinski definition) is 3. The Morgan fingerprint density at radius 3 is 2.78 bits per heavy atom. The van der Waals surface area contributed by atoms with E-state index in [1.165, 1.54) is 0 Å². The molecule has 0 unspecified atom stereocenters. The zero-order valence-electron chi connectivity index (χ0n) is 10.7. The van der Waals surface area contributed by atoms with Crippen LogP contribution in [0.25, 0.3) is 10.9 Å². The van der Waals surface area contributed by atoms with Crippen molar-refractivity contribution in [2.45, 2.75) is 19.9 Å². The number of methoxy groups -OCH3 is 1. The molecule has 2 aromatic rings. The Balaban J connectivity index is 2.36. The van der Waals surface area contributed by atoms with E-state index in [0.717, 1.165) is 16.7 Å². The molecule has 0 aliphatic heterocycles. The minimum absolute atomic E-state index is 0.102. The van der Waals surface area contributed by atoms with Crippen LogP contribution < -0.4 is 10.1 Å². The van der Waals surface area contributed by atoms with Crippen LogP contribution in [-0.2, 0) is 0 Å². The van der Waals surface area contributed by atoms with Gasteiger partial charge in [0, 0.05) is 23.7 Å². The second-order valence-corrected chi connectivity index (χ2v) is 4.41. The van der Waals surface area contributed by atoms with Gasteiger partial charge >= 0.3 is 0 Å². The van der Waals surface area contributed by atoms with Gasteiger partial charge in [0.05, 0.1) is 18.2 Å². The second kappa shape index (κ2) is 5.04. The Kier molecular flexibility index (Phi) is 3.46. The zero-order valence-corrected chi connectivity index (χ0v) is 10.7. The smallest absolute Gasteiger partial charge is 0.253 e. The molecule has 4 heteroatoms. The van der Waals surface area contributed by atoms with Crippen molar-refractivity contribution in [1.29, 1.82) is 0 Å². The van der Waals surface area contributed by atoms with Gasteiger partial charge in [-0.1, -0.05) is 0 Å². The molecular weight excluding hydrogens is 228 g/mol. The van der Waals surface area contributed by atoms with Crippen molar-refractivity contribution in [1.82, 2.24) is 10.3 Å². The van der Waals surface area contributed by atoms with Gasteiger partial charge in [-0.15, -0.1) is 0 Å². The largest absolute Gasteiger partial charge is 0.497 e. The molecule has 0 aliphatic rings. The van der Waals surface area contributed by atoms with Gasteiger partial charge in [0.1, 0.15) is 5.75 Å². The normalized spacial score (nSPS) is 10.7. The number of carbonyl (C=O) groups is 1. The molecule has 1 aromatic carbocycles. The molecule has 0 fully saturated rings. The van der Waals surface area contributed by atoms with Crippen molar-refractivity contribution in [2.24, 2.45) is 0 Å². The Hall–Kier alpha value is -2.10. The summed E-state index contributed by atoms with van der Waals surface area (Å²) in [5.74, 6) is 0.657. The lowest BCUT2D eigenvalue weighted by molar-refractivity contribution is 0.0943. The summed E-state index contributed by atoms with van der Waals surface area (Å²) in [6.45, 7) is 3.86. The highest BCUT2D eigenvalue weighted by Crippen LogP contribution is 2.19. The lowest BCUT2D eigenvalue weighted by Crippen LogP contribution is -2.30. The molecule has 2 rings (SSSR count). The van der Waals surface area contributed by atoms with Crippen molar-refractivity contribution in [2.75, 3.05) is 7.11 Å². The number of rotatable bonds is 3. The molecule has 94 valence electrons. The average molecular weight is 244 g/mol. The molecular formula is C14H16N2O2. The van der Waals surface area contributed by atoms with Gasteiger partial charge in [0.25, 0.3) is 5.91 Å². The molecule has 18 heavy (non-hydrogen) atoms. The van der Waals surface area contributed by atoms with Crippen molar-refractivity contribution in [3.05, 3.63) is 36.0 Å². The Bertz CT molecular complexity index is 579. The number of benzene rings is 1. The molecule has 0 radical (unpaired) electrons. The number of fused-ring (bicyclic) bond motifs is 1. The molecule has 0 bridgehead atoms. The van der Waals surface area contributed by atoms with E-state index < -0.39 is 0 Å². The number of carbonyl (C=O) groups excluding carboxylic acids is 1. The van der Waals surface area contributed by atoms with Gasteiger partial charge in [-0.25, -0.2) is 0 Å².